The van der Waals surface area contributed by atoms with E-state index < -0.39 is 0 Å². The van der Waals surface area contributed by atoms with Crippen LogP contribution in [0.2, 0.25) is 5.02 Å². The predicted molar refractivity (Wildman–Crippen MR) is 91.6 cm³/mol. The molecule has 1 aliphatic heterocycles. The zero-order chi connectivity index (χ0) is 14.5. The zero-order valence-electron chi connectivity index (χ0n) is 12.0. The maximum atomic E-state index is 5.97. The quantitative estimate of drug-likeness (QED) is 0.614. The van der Waals surface area contributed by atoms with Crippen molar-refractivity contribution in [2.45, 2.75) is 19.8 Å². The van der Waals surface area contributed by atoms with Crippen molar-refractivity contribution < 1.29 is 0 Å². The summed E-state index contributed by atoms with van der Waals surface area (Å²) in [6.45, 7) is 4.09. The number of guanidine groups is 2. The van der Waals surface area contributed by atoms with Gasteiger partial charge in [-0.05, 0) is 43.0 Å². The van der Waals surface area contributed by atoms with Gasteiger partial charge in [-0.3, -0.25) is 0 Å². The Morgan fingerprint density at radius 3 is 2.33 bits per heavy atom. The van der Waals surface area contributed by atoms with E-state index in [0.717, 1.165) is 31.8 Å². The van der Waals surface area contributed by atoms with Crippen LogP contribution in [-0.2, 0) is 0 Å². The maximum Gasteiger partial charge on any atom is 0.223 e. The number of nitrogens with zero attached hydrogens (tertiary/aromatic N) is 3. The van der Waals surface area contributed by atoms with Gasteiger partial charge in [-0.25, -0.2) is 4.99 Å². The Hall–Kier alpha value is -1.46. The molecule has 5 nitrogen and oxygen atoms in total. The molecule has 4 N–H and O–H groups in total. The molecule has 0 aromatic heterocycles. The highest BCUT2D eigenvalue weighted by Gasteiger charge is 2.17. The summed E-state index contributed by atoms with van der Waals surface area (Å²) in [5, 5.41) is 0.660. The minimum atomic E-state index is 0. The van der Waals surface area contributed by atoms with E-state index >= 15 is 0 Å². The second-order valence-electron chi connectivity index (χ2n) is 5.09. The first kappa shape index (κ1) is 17.6. The molecule has 1 aromatic rings. The molecule has 1 heterocycles. The standard InChI is InChI=1S/C14H20ClN5.ClH/c1-10-6-8-20(9-7-10)14(17)19-13(16)18-12-4-2-11(15)3-5-12;/h2-5,10H,6-9H2,1H3,(H4,16,17,18,19);1H. The summed E-state index contributed by atoms with van der Waals surface area (Å²) in [5.41, 5.74) is 12.5. The molecule has 1 fully saturated rings. The lowest BCUT2D eigenvalue weighted by Crippen LogP contribution is -2.43. The molecule has 1 saturated heterocycles. The van der Waals surface area contributed by atoms with E-state index in [2.05, 4.69) is 16.9 Å². The van der Waals surface area contributed by atoms with Gasteiger partial charge in [0.05, 0.1) is 5.69 Å². The number of hydrogen-bond donors (Lipinski definition) is 2. The van der Waals surface area contributed by atoms with Gasteiger partial charge in [-0.1, -0.05) is 18.5 Å². The second-order valence-corrected chi connectivity index (χ2v) is 5.52. The predicted octanol–water partition coefficient (Wildman–Crippen LogP) is 2.75. The summed E-state index contributed by atoms with van der Waals surface area (Å²) in [7, 11) is 0. The molecule has 0 unspecified atom stereocenters. The summed E-state index contributed by atoms with van der Waals surface area (Å²) in [5.74, 6) is 1.34. The molecular formula is C14H21Cl2N5. The summed E-state index contributed by atoms with van der Waals surface area (Å²) in [4.78, 5) is 10.4. The molecule has 0 bridgehead atoms. The largest absolute Gasteiger partial charge is 0.369 e. The number of piperidine rings is 1. The Bertz CT molecular complexity index is 505. The van der Waals surface area contributed by atoms with Crippen molar-refractivity contribution in [3.63, 3.8) is 0 Å². The molecule has 116 valence electrons. The van der Waals surface area contributed by atoms with Gasteiger partial charge in [0.25, 0.3) is 0 Å². The molecule has 0 aliphatic carbocycles. The van der Waals surface area contributed by atoms with Gasteiger partial charge in [0, 0.05) is 18.1 Å². The molecule has 2 rings (SSSR count). The lowest BCUT2D eigenvalue weighted by atomic mass is 10.00. The fourth-order valence-electron chi connectivity index (χ4n) is 2.10. The SMILES string of the molecule is CC1CCN(/C(N)=N/C(N)=Nc2ccc(Cl)cc2)CC1.Cl. The van der Waals surface area contributed by atoms with E-state index in [1.165, 1.54) is 0 Å². The number of benzene rings is 1. The van der Waals surface area contributed by atoms with E-state index in [9.17, 15) is 0 Å². The lowest BCUT2D eigenvalue weighted by molar-refractivity contribution is 0.278. The van der Waals surface area contributed by atoms with Crippen LogP contribution in [0.1, 0.15) is 19.8 Å². The van der Waals surface area contributed by atoms with Crippen molar-refractivity contribution in [3.8, 4) is 0 Å². The molecule has 0 atom stereocenters. The molecule has 7 heteroatoms. The van der Waals surface area contributed by atoms with Crippen molar-refractivity contribution in [2.75, 3.05) is 13.1 Å². The number of hydrogen-bond acceptors (Lipinski definition) is 1. The molecule has 21 heavy (non-hydrogen) atoms. The highest BCUT2D eigenvalue weighted by Crippen LogP contribution is 2.17. The summed E-state index contributed by atoms with van der Waals surface area (Å²) in [6.07, 6.45) is 2.26. The van der Waals surface area contributed by atoms with E-state index in [1.54, 1.807) is 24.3 Å². The number of rotatable bonds is 1. The lowest BCUT2D eigenvalue weighted by Gasteiger charge is -2.30. The minimum absolute atomic E-state index is 0. The van der Waals surface area contributed by atoms with Gasteiger partial charge in [0.2, 0.25) is 5.96 Å². The average Bonchev–Trinajstić information content (AvgIpc) is 2.42. The zero-order valence-corrected chi connectivity index (χ0v) is 13.6. The first-order chi connectivity index (χ1) is 9.54. The number of aliphatic imine (C=N–C) groups is 2. The fraction of sp³-hybridized carbons (Fsp3) is 0.429. The second kappa shape index (κ2) is 8.10. The Kier molecular flexibility index (Phi) is 6.78. The third-order valence-corrected chi connectivity index (χ3v) is 3.66. The molecular weight excluding hydrogens is 309 g/mol. The van der Waals surface area contributed by atoms with E-state index in [1.807, 2.05) is 4.90 Å². The number of halogens is 2. The van der Waals surface area contributed by atoms with Crippen molar-refractivity contribution in [1.29, 1.82) is 0 Å². The highest BCUT2D eigenvalue weighted by atomic mass is 35.5. The number of nitrogens with two attached hydrogens (primary N) is 2. The minimum Gasteiger partial charge on any atom is -0.369 e. The topological polar surface area (TPSA) is 80.0 Å². The molecule has 1 aromatic carbocycles. The maximum absolute atomic E-state index is 5.97. The first-order valence-corrected chi connectivity index (χ1v) is 7.11. The van der Waals surface area contributed by atoms with Crippen LogP contribution in [-0.4, -0.2) is 29.9 Å². The van der Waals surface area contributed by atoms with Gasteiger partial charge in [0.15, 0.2) is 5.96 Å². The van der Waals surface area contributed by atoms with Crippen LogP contribution in [0, 0.1) is 5.92 Å². The molecule has 0 spiro atoms. The van der Waals surface area contributed by atoms with Crippen LogP contribution in [0.4, 0.5) is 5.69 Å². The first-order valence-electron chi connectivity index (χ1n) is 6.73. The van der Waals surface area contributed by atoms with Gasteiger partial charge in [-0.2, -0.15) is 4.99 Å². The van der Waals surface area contributed by atoms with E-state index in [-0.39, 0.29) is 18.4 Å². The van der Waals surface area contributed by atoms with E-state index in [0.29, 0.717) is 16.7 Å². The van der Waals surface area contributed by atoms with Crippen LogP contribution in [0.15, 0.2) is 34.3 Å². The van der Waals surface area contributed by atoms with Crippen LogP contribution in [0.25, 0.3) is 0 Å². The molecule has 1 aliphatic rings. The summed E-state index contributed by atoms with van der Waals surface area (Å²) >= 11 is 5.81. The Balaban J connectivity index is 0.00000220. The van der Waals surface area contributed by atoms with Crippen molar-refractivity contribution in [2.24, 2.45) is 27.4 Å². The van der Waals surface area contributed by atoms with Gasteiger partial charge in [-0.15, -0.1) is 12.4 Å². The summed E-state index contributed by atoms with van der Waals surface area (Å²) in [6, 6.07) is 7.08. The smallest absolute Gasteiger partial charge is 0.223 e. The fourth-order valence-corrected chi connectivity index (χ4v) is 2.22. The highest BCUT2D eigenvalue weighted by molar-refractivity contribution is 6.30. The van der Waals surface area contributed by atoms with Crippen LogP contribution < -0.4 is 11.5 Å². The Labute approximate surface area is 136 Å². The Morgan fingerprint density at radius 1 is 1.19 bits per heavy atom. The van der Waals surface area contributed by atoms with Crippen LogP contribution in [0.5, 0.6) is 0 Å². The van der Waals surface area contributed by atoms with Gasteiger partial charge >= 0.3 is 0 Å². The third kappa shape index (κ3) is 5.44. The average molecular weight is 330 g/mol. The molecule has 0 amide bonds. The molecule has 0 radical (unpaired) electrons. The van der Waals surface area contributed by atoms with Gasteiger partial charge < -0.3 is 16.4 Å². The molecule has 0 saturated carbocycles. The van der Waals surface area contributed by atoms with Crippen molar-refractivity contribution in [1.82, 2.24) is 4.90 Å². The monoisotopic (exact) mass is 329 g/mol. The van der Waals surface area contributed by atoms with Crippen LogP contribution >= 0.6 is 24.0 Å². The van der Waals surface area contributed by atoms with Gasteiger partial charge in [0.1, 0.15) is 0 Å². The third-order valence-electron chi connectivity index (χ3n) is 3.41. The van der Waals surface area contributed by atoms with Crippen molar-refractivity contribution in [3.05, 3.63) is 29.3 Å². The van der Waals surface area contributed by atoms with Crippen LogP contribution in [0.3, 0.4) is 0 Å². The Morgan fingerprint density at radius 2 is 1.76 bits per heavy atom. The van der Waals surface area contributed by atoms with E-state index in [4.69, 9.17) is 23.1 Å². The number of likely N-dealkylation sites (tertiary alicyclic amines) is 1. The normalized spacial score (nSPS) is 17.5. The summed E-state index contributed by atoms with van der Waals surface area (Å²) < 4.78 is 0. The van der Waals surface area contributed by atoms with Crippen molar-refractivity contribution >= 4 is 41.6 Å².